The first-order valence-corrected chi connectivity index (χ1v) is 10.4. The van der Waals surface area contributed by atoms with Crippen LogP contribution in [-0.2, 0) is 14.3 Å². The molecule has 1 heterocycles. The molecule has 8 nitrogen and oxygen atoms in total. The van der Waals surface area contributed by atoms with Gasteiger partial charge in [0, 0.05) is 0 Å². The average Bonchev–Trinajstić information content (AvgIpc) is 2.73. The Morgan fingerprint density at radius 1 is 1.19 bits per heavy atom. The van der Waals surface area contributed by atoms with Gasteiger partial charge in [-0.15, -0.1) is 0 Å². The van der Waals surface area contributed by atoms with Gasteiger partial charge >= 0.3 is 5.97 Å². The Morgan fingerprint density at radius 2 is 1.90 bits per heavy atom. The van der Waals surface area contributed by atoms with E-state index in [4.69, 9.17) is 14.2 Å². The van der Waals surface area contributed by atoms with E-state index in [1.165, 1.54) is 24.1 Å². The van der Waals surface area contributed by atoms with Gasteiger partial charge in [-0.3, -0.25) is 14.5 Å². The van der Waals surface area contributed by atoms with Gasteiger partial charge in [-0.05, 0) is 61.0 Å². The number of ether oxygens (including phenoxy) is 3. The molecule has 0 atom stereocenters. The number of carbonyl (C=O) groups excluding carboxylic acids is 3. The number of amides is 2. The van der Waals surface area contributed by atoms with E-state index in [1.807, 2.05) is 6.92 Å². The van der Waals surface area contributed by atoms with Crippen molar-refractivity contribution in [3.8, 4) is 11.5 Å². The van der Waals surface area contributed by atoms with Gasteiger partial charge in [0.2, 0.25) is 5.91 Å². The van der Waals surface area contributed by atoms with Crippen LogP contribution in [0.5, 0.6) is 11.5 Å². The molecule has 164 valence electrons. The summed E-state index contributed by atoms with van der Waals surface area (Å²) in [6, 6.07) is 9.98. The van der Waals surface area contributed by atoms with Crippen molar-refractivity contribution in [3.05, 3.63) is 46.4 Å². The van der Waals surface area contributed by atoms with Crippen LogP contribution in [0, 0.1) is 0 Å². The fourth-order valence-electron chi connectivity index (χ4n) is 3.30. The molecule has 0 spiro atoms. The molecule has 0 saturated carbocycles. The lowest BCUT2D eigenvalue weighted by Gasteiger charge is -2.41. The van der Waals surface area contributed by atoms with Crippen molar-refractivity contribution in [2.45, 2.75) is 26.3 Å². The number of methoxy groups -OCH3 is 1. The maximum Gasteiger partial charge on any atom is 0.338 e. The summed E-state index contributed by atoms with van der Waals surface area (Å²) in [6.07, 6.45) is 0. The van der Waals surface area contributed by atoms with E-state index in [1.54, 1.807) is 38.1 Å². The number of nitrogens with one attached hydrogen (secondary N) is 1. The monoisotopic (exact) mass is 490 g/mol. The lowest BCUT2D eigenvalue weighted by atomic mass is 9.96. The highest BCUT2D eigenvalue weighted by Crippen LogP contribution is 2.38. The zero-order valence-corrected chi connectivity index (χ0v) is 19.2. The second kappa shape index (κ2) is 8.97. The minimum atomic E-state index is -1.15. The van der Waals surface area contributed by atoms with Crippen LogP contribution in [0.3, 0.4) is 0 Å². The fourth-order valence-corrected chi connectivity index (χ4v) is 3.85. The van der Waals surface area contributed by atoms with Gasteiger partial charge in [0.25, 0.3) is 5.91 Å². The van der Waals surface area contributed by atoms with Gasteiger partial charge in [-0.1, -0.05) is 12.1 Å². The van der Waals surface area contributed by atoms with Gasteiger partial charge in [-0.25, -0.2) is 4.79 Å². The normalized spacial score (nSPS) is 14.4. The smallest absolute Gasteiger partial charge is 0.338 e. The number of halogens is 1. The van der Waals surface area contributed by atoms with Crippen LogP contribution in [0.1, 0.15) is 31.1 Å². The van der Waals surface area contributed by atoms with Gasteiger partial charge in [0.1, 0.15) is 5.54 Å². The summed E-state index contributed by atoms with van der Waals surface area (Å²) in [5, 5.41) is 2.79. The molecule has 2 amide bonds. The molecular formula is C22H23BrN2O6. The van der Waals surface area contributed by atoms with E-state index in [9.17, 15) is 14.4 Å². The molecular weight excluding hydrogens is 468 g/mol. The van der Waals surface area contributed by atoms with Gasteiger partial charge < -0.3 is 19.5 Å². The quantitative estimate of drug-likeness (QED) is 0.619. The van der Waals surface area contributed by atoms with Crippen molar-refractivity contribution >= 4 is 45.1 Å². The van der Waals surface area contributed by atoms with Crippen molar-refractivity contribution in [2.75, 3.05) is 30.5 Å². The topological polar surface area (TPSA) is 94.2 Å². The summed E-state index contributed by atoms with van der Waals surface area (Å²) >= 11 is 3.36. The third-order valence-corrected chi connectivity index (χ3v) is 5.43. The van der Waals surface area contributed by atoms with Crippen LogP contribution >= 0.6 is 15.9 Å². The number of rotatable bonds is 6. The third-order valence-electron chi connectivity index (χ3n) is 4.84. The predicted octanol–water partition coefficient (Wildman–Crippen LogP) is 3.78. The standard InChI is InChI=1S/C22H23BrN2O6/c1-5-30-19-14(23)10-13(11-17(19)29-4)20(27)31-12-18(26)25-16-9-7-6-8-15(16)24-21(28)22(25,2)3/h6-11H,5,12H2,1-4H3,(H,24,28). The number of anilines is 2. The number of carbonyl (C=O) groups is 3. The number of esters is 1. The summed E-state index contributed by atoms with van der Waals surface area (Å²) in [5.74, 6) is -0.723. The number of para-hydroxylation sites is 2. The third kappa shape index (κ3) is 4.36. The van der Waals surface area contributed by atoms with Crippen molar-refractivity contribution in [2.24, 2.45) is 0 Å². The molecule has 9 heteroatoms. The molecule has 0 bridgehead atoms. The summed E-state index contributed by atoms with van der Waals surface area (Å²) in [4.78, 5) is 39.5. The second-order valence-electron chi connectivity index (χ2n) is 7.26. The lowest BCUT2D eigenvalue weighted by molar-refractivity contribution is -0.128. The van der Waals surface area contributed by atoms with E-state index in [2.05, 4.69) is 21.2 Å². The van der Waals surface area contributed by atoms with Crippen molar-refractivity contribution < 1.29 is 28.6 Å². The van der Waals surface area contributed by atoms with Gasteiger partial charge in [0.05, 0.1) is 35.1 Å². The number of hydrogen-bond acceptors (Lipinski definition) is 6. The van der Waals surface area contributed by atoms with Crippen molar-refractivity contribution in [1.82, 2.24) is 0 Å². The molecule has 2 aromatic carbocycles. The molecule has 31 heavy (non-hydrogen) atoms. The molecule has 1 aliphatic heterocycles. The molecule has 0 saturated heterocycles. The highest BCUT2D eigenvalue weighted by Gasteiger charge is 2.43. The van der Waals surface area contributed by atoms with E-state index in [0.29, 0.717) is 34.0 Å². The van der Waals surface area contributed by atoms with E-state index in [-0.39, 0.29) is 11.5 Å². The Kier molecular flexibility index (Phi) is 6.54. The predicted molar refractivity (Wildman–Crippen MR) is 119 cm³/mol. The summed E-state index contributed by atoms with van der Waals surface area (Å²) in [6.45, 7) is 4.99. The molecule has 1 N–H and O–H groups in total. The molecule has 1 aliphatic rings. The maximum absolute atomic E-state index is 13.0. The van der Waals surface area contributed by atoms with Crippen LogP contribution in [0.25, 0.3) is 0 Å². The Labute approximate surface area is 188 Å². The number of nitrogens with zero attached hydrogens (tertiary/aromatic N) is 1. The molecule has 2 aromatic rings. The minimum Gasteiger partial charge on any atom is -0.493 e. The largest absolute Gasteiger partial charge is 0.493 e. The highest BCUT2D eigenvalue weighted by molar-refractivity contribution is 9.10. The Morgan fingerprint density at radius 3 is 2.58 bits per heavy atom. The van der Waals surface area contributed by atoms with Crippen LogP contribution in [0.2, 0.25) is 0 Å². The zero-order valence-electron chi connectivity index (χ0n) is 17.7. The molecule has 0 fully saturated rings. The maximum atomic E-state index is 13.0. The molecule has 3 rings (SSSR count). The highest BCUT2D eigenvalue weighted by atomic mass is 79.9. The van der Waals surface area contributed by atoms with Crippen LogP contribution in [0.4, 0.5) is 11.4 Å². The Balaban J connectivity index is 1.80. The SMILES string of the molecule is CCOc1c(Br)cc(C(=O)OCC(=O)N2c3ccccc3NC(=O)C2(C)C)cc1OC. The van der Waals surface area contributed by atoms with E-state index >= 15 is 0 Å². The average molecular weight is 491 g/mol. The van der Waals surface area contributed by atoms with Crippen LogP contribution in [-0.4, -0.2) is 43.6 Å². The first-order chi connectivity index (χ1) is 14.7. The van der Waals surface area contributed by atoms with Gasteiger partial charge in [-0.2, -0.15) is 0 Å². The lowest BCUT2D eigenvalue weighted by Crippen LogP contribution is -2.59. The number of benzene rings is 2. The molecule has 0 unspecified atom stereocenters. The Bertz CT molecular complexity index is 1040. The second-order valence-corrected chi connectivity index (χ2v) is 8.11. The van der Waals surface area contributed by atoms with Crippen molar-refractivity contribution in [3.63, 3.8) is 0 Å². The fraction of sp³-hybridized carbons (Fsp3) is 0.318. The summed E-state index contributed by atoms with van der Waals surface area (Å²) in [5.41, 5.74) is 0.102. The van der Waals surface area contributed by atoms with Crippen molar-refractivity contribution in [1.29, 1.82) is 0 Å². The molecule has 0 aliphatic carbocycles. The molecule has 0 radical (unpaired) electrons. The summed E-state index contributed by atoms with van der Waals surface area (Å²) in [7, 11) is 1.46. The van der Waals surface area contributed by atoms with E-state index < -0.39 is 24.0 Å². The first-order valence-electron chi connectivity index (χ1n) is 9.61. The van der Waals surface area contributed by atoms with E-state index in [0.717, 1.165) is 0 Å². The van der Waals surface area contributed by atoms with Crippen LogP contribution in [0.15, 0.2) is 40.9 Å². The number of hydrogen-bond donors (Lipinski definition) is 1. The van der Waals surface area contributed by atoms with Crippen LogP contribution < -0.4 is 19.7 Å². The Hall–Kier alpha value is -3.07. The minimum absolute atomic E-state index is 0.191. The number of fused-ring (bicyclic) bond motifs is 1. The zero-order chi connectivity index (χ0) is 22.8. The first kappa shape index (κ1) is 22.6. The summed E-state index contributed by atoms with van der Waals surface area (Å²) < 4.78 is 16.6. The molecule has 0 aromatic heterocycles. The van der Waals surface area contributed by atoms with Gasteiger partial charge in [0.15, 0.2) is 18.1 Å².